The summed E-state index contributed by atoms with van der Waals surface area (Å²) in [4.78, 5) is 36.1. The second-order valence-corrected chi connectivity index (χ2v) is 13.0. The number of hydrogen-bond acceptors (Lipinski definition) is 5. The first-order valence-corrected chi connectivity index (χ1v) is 18.9. The summed E-state index contributed by atoms with van der Waals surface area (Å²) in [5.41, 5.74) is 5.46. The Morgan fingerprint density at radius 3 is 1.41 bits per heavy atom. The maximum absolute atomic E-state index is 12.6. The van der Waals surface area contributed by atoms with Crippen molar-refractivity contribution in [2.75, 3.05) is 6.54 Å². The van der Waals surface area contributed by atoms with Gasteiger partial charge in [-0.15, -0.1) is 0 Å². The highest BCUT2D eigenvalue weighted by atomic mass is 16.5. The van der Waals surface area contributed by atoms with Crippen molar-refractivity contribution in [1.82, 2.24) is 5.32 Å². The number of esters is 1. The number of amides is 1. The van der Waals surface area contributed by atoms with Crippen molar-refractivity contribution in [3.8, 4) is 0 Å². The van der Waals surface area contributed by atoms with E-state index >= 15 is 0 Å². The van der Waals surface area contributed by atoms with Gasteiger partial charge in [-0.25, -0.2) is 4.79 Å². The van der Waals surface area contributed by atoms with Gasteiger partial charge in [0, 0.05) is 12.8 Å². The van der Waals surface area contributed by atoms with Gasteiger partial charge in [-0.2, -0.15) is 0 Å². The normalized spacial score (nSPS) is 12.6. The van der Waals surface area contributed by atoms with Gasteiger partial charge in [0.1, 0.15) is 12.1 Å². The Bertz CT molecular complexity index is 672. The Morgan fingerprint density at radius 2 is 0.977 bits per heavy atom. The minimum atomic E-state index is -1.00. The van der Waals surface area contributed by atoms with Crippen LogP contribution in [0.4, 0.5) is 0 Å². The van der Waals surface area contributed by atoms with Crippen LogP contribution >= 0.6 is 0 Å². The third-order valence-corrected chi connectivity index (χ3v) is 8.67. The van der Waals surface area contributed by atoms with Gasteiger partial charge in [0.15, 0.2) is 0 Å². The lowest BCUT2D eigenvalue weighted by atomic mass is 10.0. The van der Waals surface area contributed by atoms with Gasteiger partial charge in [-0.05, 0) is 57.9 Å². The van der Waals surface area contributed by atoms with E-state index in [1.807, 2.05) is 0 Å². The van der Waals surface area contributed by atoms with Crippen LogP contribution in [-0.2, 0) is 19.1 Å². The van der Waals surface area contributed by atoms with Gasteiger partial charge in [-0.3, -0.25) is 9.59 Å². The molecule has 0 aliphatic carbocycles. The van der Waals surface area contributed by atoms with E-state index in [4.69, 9.17) is 10.5 Å². The Labute approximate surface area is 271 Å². The molecule has 0 aromatic carbocycles. The quantitative estimate of drug-likeness (QED) is 0.0484. The summed E-state index contributed by atoms with van der Waals surface area (Å²) >= 11 is 0. The second-order valence-electron chi connectivity index (χ2n) is 13.0. The van der Waals surface area contributed by atoms with Crippen LogP contribution in [-0.4, -0.2) is 41.6 Å². The van der Waals surface area contributed by atoms with Crippen LogP contribution in [0.25, 0.3) is 0 Å². The van der Waals surface area contributed by atoms with Crippen LogP contribution in [0.15, 0.2) is 0 Å². The van der Waals surface area contributed by atoms with Crippen molar-refractivity contribution in [2.24, 2.45) is 5.73 Å². The van der Waals surface area contributed by atoms with Gasteiger partial charge in [0.05, 0.1) is 0 Å². The van der Waals surface area contributed by atoms with E-state index in [-0.39, 0.29) is 18.0 Å². The van der Waals surface area contributed by atoms with Gasteiger partial charge in [-0.1, -0.05) is 136 Å². The van der Waals surface area contributed by atoms with Crippen molar-refractivity contribution in [1.29, 1.82) is 0 Å². The number of hydrogen-bond donors (Lipinski definition) is 3. The summed E-state index contributed by atoms with van der Waals surface area (Å²) in [6, 6.07) is -0.850. The molecule has 7 heteroatoms. The van der Waals surface area contributed by atoms with E-state index < -0.39 is 12.0 Å². The molecule has 0 bridgehead atoms. The molecule has 44 heavy (non-hydrogen) atoms. The third kappa shape index (κ3) is 29.1. The molecule has 0 aromatic rings. The van der Waals surface area contributed by atoms with E-state index in [1.165, 1.54) is 96.3 Å². The molecule has 2 atom stereocenters. The molecule has 0 heterocycles. The highest BCUT2D eigenvalue weighted by Gasteiger charge is 2.19. The number of aliphatic carboxylic acids is 1. The van der Waals surface area contributed by atoms with E-state index in [9.17, 15) is 19.5 Å². The van der Waals surface area contributed by atoms with Gasteiger partial charge >= 0.3 is 11.9 Å². The molecule has 0 aliphatic heterocycles. The number of nitrogens with one attached hydrogen (secondary N) is 1. The molecule has 2 unspecified atom stereocenters. The minimum absolute atomic E-state index is 0.0230. The van der Waals surface area contributed by atoms with Gasteiger partial charge < -0.3 is 20.9 Å². The Hall–Kier alpha value is -1.63. The number of carboxylic acids is 1. The number of unbranched alkanes of at least 4 members (excludes halogenated alkanes) is 20. The van der Waals surface area contributed by atoms with E-state index in [2.05, 4.69) is 19.2 Å². The van der Waals surface area contributed by atoms with Crippen molar-refractivity contribution < 1.29 is 24.2 Å². The van der Waals surface area contributed by atoms with Crippen LogP contribution in [0, 0.1) is 0 Å². The topological polar surface area (TPSA) is 119 Å². The summed E-state index contributed by atoms with van der Waals surface area (Å²) in [5, 5.41) is 11.9. The van der Waals surface area contributed by atoms with Crippen LogP contribution in [0.1, 0.15) is 200 Å². The lowest BCUT2D eigenvalue weighted by molar-refractivity contribution is -0.150. The first-order chi connectivity index (χ1) is 21.4. The fourth-order valence-corrected chi connectivity index (χ4v) is 5.80. The highest BCUT2D eigenvalue weighted by Crippen LogP contribution is 2.19. The first-order valence-electron chi connectivity index (χ1n) is 18.9. The number of carboxylic acid groups (broad SMARTS) is 1. The predicted molar refractivity (Wildman–Crippen MR) is 184 cm³/mol. The molecule has 0 fully saturated rings. The molecule has 0 radical (unpaired) electrons. The Kier molecular flexibility index (Phi) is 31.5. The number of carbonyl (C=O) groups is 3. The van der Waals surface area contributed by atoms with Crippen LogP contribution in [0.3, 0.4) is 0 Å². The molecule has 0 spiro atoms. The van der Waals surface area contributed by atoms with Gasteiger partial charge in [0.2, 0.25) is 5.91 Å². The molecule has 0 rings (SSSR count). The van der Waals surface area contributed by atoms with Crippen LogP contribution in [0.5, 0.6) is 0 Å². The predicted octanol–water partition coefficient (Wildman–Crippen LogP) is 9.78. The summed E-state index contributed by atoms with van der Waals surface area (Å²) in [6.07, 6.45) is 31.5. The molecule has 0 aromatic heterocycles. The Balaban J connectivity index is 4.15. The number of rotatable bonds is 34. The monoisotopic (exact) mass is 625 g/mol. The fourth-order valence-electron chi connectivity index (χ4n) is 5.80. The SMILES string of the molecule is CCCCCCCCCCCCCCC(=O)OC(CCCCCCCC)CCCCCCCC(=O)NC(CCCN)C(=O)O. The van der Waals surface area contributed by atoms with Crippen molar-refractivity contribution in [2.45, 2.75) is 212 Å². The van der Waals surface area contributed by atoms with Crippen molar-refractivity contribution in [3.63, 3.8) is 0 Å². The Morgan fingerprint density at radius 1 is 0.568 bits per heavy atom. The second kappa shape index (κ2) is 32.8. The van der Waals surface area contributed by atoms with Crippen molar-refractivity contribution >= 4 is 17.8 Å². The third-order valence-electron chi connectivity index (χ3n) is 8.67. The molecular formula is C37H72N2O5. The standard InChI is InChI=1S/C37H72N2O5/c1-3-5-7-9-11-12-13-14-15-16-21-25-31-36(41)44-33(27-22-18-10-8-6-4-2)28-23-19-17-20-24-30-35(40)39-34(37(42)43)29-26-32-38/h33-34H,3-32,38H2,1-2H3,(H,39,40)(H,42,43). The average molecular weight is 625 g/mol. The maximum Gasteiger partial charge on any atom is 0.326 e. The van der Waals surface area contributed by atoms with E-state index in [0.717, 1.165) is 64.2 Å². The first kappa shape index (κ1) is 42.4. The molecule has 1 amide bonds. The smallest absolute Gasteiger partial charge is 0.326 e. The maximum atomic E-state index is 12.6. The zero-order valence-electron chi connectivity index (χ0n) is 29.0. The lowest BCUT2D eigenvalue weighted by Crippen LogP contribution is -2.40. The summed E-state index contributed by atoms with van der Waals surface area (Å²) in [6.45, 7) is 4.92. The fraction of sp³-hybridized carbons (Fsp3) is 0.919. The molecule has 0 aliphatic rings. The van der Waals surface area contributed by atoms with Crippen LogP contribution in [0.2, 0.25) is 0 Å². The highest BCUT2D eigenvalue weighted by molar-refractivity contribution is 5.83. The summed E-state index contributed by atoms with van der Waals surface area (Å²) in [5.74, 6) is -1.23. The van der Waals surface area contributed by atoms with Crippen molar-refractivity contribution in [3.05, 3.63) is 0 Å². The number of nitrogens with two attached hydrogens (primary N) is 1. The molecule has 7 nitrogen and oxygen atoms in total. The van der Waals surface area contributed by atoms with Crippen LogP contribution < -0.4 is 11.1 Å². The number of ether oxygens (including phenoxy) is 1. The minimum Gasteiger partial charge on any atom is -0.480 e. The average Bonchev–Trinajstić information content (AvgIpc) is 3.00. The zero-order valence-corrected chi connectivity index (χ0v) is 29.0. The zero-order chi connectivity index (χ0) is 32.5. The van der Waals surface area contributed by atoms with E-state index in [1.54, 1.807) is 0 Å². The van der Waals surface area contributed by atoms with E-state index in [0.29, 0.717) is 32.2 Å². The number of carbonyl (C=O) groups excluding carboxylic acids is 2. The largest absolute Gasteiger partial charge is 0.480 e. The molecule has 0 saturated carbocycles. The molecule has 260 valence electrons. The lowest BCUT2D eigenvalue weighted by Gasteiger charge is -2.18. The summed E-state index contributed by atoms with van der Waals surface area (Å²) in [7, 11) is 0. The molecular weight excluding hydrogens is 552 g/mol. The molecule has 4 N–H and O–H groups in total. The molecule has 0 saturated heterocycles. The summed E-state index contributed by atoms with van der Waals surface area (Å²) < 4.78 is 5.97. The van der Waals surface area contributed by atoms with Gasteiger partial charge in [0.25, 0.3) is 0 Å².